The number of phenolic OH excluding ortho intramolecular Hbond substituents is 1. The van der Waals surface area contributed by atoms with Crippen molar-refractivity contribution < 1.29 is 9.84 Å². The topological polar surface area (TPSA) is 41.5 Å². The van der Waals surface area contributed by atoms with Crippen LogP contribution in [0.15, 0.2) is 40.9 Å². The van der Waals surface area contributed by atoms with Gasteiger partial charge in [-0.2, -0.15) is 0 Å². The third kappa shape index (κ3) is 4.13. The normalized spacial score (nSPS) is 12.2. The second-order valence-electron chi connectivity index (χ2n) is 4.78. The Labute approximate surface area is 138 Å². The number of benzene rings is 2. The second kappa shape index (κ2) is 7.16. The lowest BCUT2D eigenvalue weighted by Gasteiger charge is -2.15. The minimum absolute atomic E-state index is 0.118. The number of halogens is 2. The van der Waals surface area contributed by atoms with Crippen molar-refractivity contribution in [1.82, 2.24) is 5.32 Å². The maximum absolute atomic E-state index is 9.80. The van der Waals surface area contributed by atoms with Gasteiger partial charge >= 0.3 is 0 Å². The molecule has 0 spiro atoms. The predicted molar refractivity (Wildman–Crippen MR) is 89.1 cm³/mol. The Kier molecular flexibility index (Phi) is 5.51. The van der Waals surface area contributed by atoms with E-state index in [4.69, 9.17) is 16.3 Å². The molecule has 0 aromatic heterocycles. The summed E-state index contributed by atoms with van der Waals surface area (Å²) in [6.45, 7) is 2.76. The number of hydrogen-bond donors (Lipinski definition) is 2. The first kappa shape index (κ1) is 16.1. The molecular formula is C16H17BrClNO2. The Hall–Kier alpha value is -1.23. The first-order valence-corrected chi connectivity index (χ1v) is 7.72. The van der Waals surface area contributed by atoms with Crippen molar-refractivity contribution in [2.75, 3.05) is 7.11 Å². The van der Waals surface area contributed by atoms with E-state index in [2.05, 4.69) is 28.2 Å². The van der Waals surface area contributed by atoms with E-state index in [0.717, 1.165) is 10.6 Å². The fraction of sp³-hybridized carbons (Fsp3) is 0.250. The average Bonchev–Trinajstić information content (AvgIpc) is 2.48. The number of hydrogen-bond acceptors (Lipinski definition) is 3. The zero-order chi connectivity index (χ0) is 15.4. The summed E-state index contributed by atoms with van der Waals surface area (Å²) in [6.07, 6.45) is 0. The molecule has 0 heterocycles. The molecule has 112 valence electrons. The third-order valence-electron chi connectivity index (χ3n) is 3.29. The van der Waals surface area contributed by atoms with Gasteiger partial charge in [-0.3, -0.25) is 0 Å². The highest BCUT2D eigenvalue weighted by atomic mass is 79.9. The lowest BCUT2D eigenvalue weighted by Crippen LogP contribution is -2.18. The summed E-state index contributed by atoms with van der Waals surface area (Å²) in [5.41, 5.74) is 2.20. The van der Waals surface area contributed by atoms with E-state index < -0.39 is 0 Å². The van der Waals surface area contributed by atoms with Crippen LogP contribution in [0, 0.1) is 0 Å². The van der Waals surface area contributed by atoms with Gasteiger partial charge in [-0.05, 0) is 58.2 Å². The van der Waals surface area contributed by atoms with Gasteiger partial charge in [-0.25, -0.2) is 0 Å². The fourth-order valence-corrected chi connectivity index (χ4v) is 2.64. The molecule has 0 bridgehead atoms. The molecule has 0 radical (unpaired) electrons. The molecule has 0 aliphatic heterocycles. The largest absolute Gasteiger partial charge is 0.503 e. The number of methoxy groups -OCH3 is 1. The van der Waals surface area contributed by atoms with Crippen LogP contribution in [-0.2, 0) is 6.54 Å². The molecule has 0 saturated carbocycles. The minimum Gasteiger partial charge on any atom is -0.503 e. The Morgan fingerprint density at radius 2 is 1.95 bits per heavy atom. The number of ether oxygens (including phenoxy) is 1. The predicted octanol–water partition coefficient (Wildman–Crippen LogP) is 4.67. The van der Waals surface area contributed by atoms with Crippen molar-refractivity contribution in [2.24, 2.45) is 0 Å². The zero-order valence-electron chi connectivity index (χ0n) is 11.9. The van der Waals surface area contributed by atoms with Crippen LogP contribution < -0.4 is 10.1 Å². The Balaban J connectivity index is 2.05. The lowest BCUT2D eigenvalue weighted by atomic mass is 10.1. The minimum atomic E-state index is 0.118. The van der Waals surface area contributed by atoms with Crippen LogP contribution in [0.5, 0.6) is 11.5 Å². The third-order valence-corrected chi connectivity index (χ3v) is 4.15. The van der Waals surface area contributed by atoms with Crippen molar-refractivity contribution >= 4 is 27.5 Å². The molecule has 0 aliphatic rings. The summed E-state index contributed by atoms with van der Waals surface area (Å²) in [4.78, 5) is 0. The van der Waals surface area contributed by atoms with Crippen molar-refractivity contribution in [3.8, 4) is 11.5 Å². The molecule has 0 saturated heterocycles. The monoisotopic (exact) mass is 369 g/mol. The van der Waals surface area contributed by atoms with Crippen LogP contribution in [0.2, 0.25) is 5.02 Å². The molecule has 0 unspecified atom stereocenters. The Morgan fingerprint density at radius 1 is 1.29 bits per heavy atom. The molecule has 21 heavy (non-hydrogen) atoms. The Bertz CT molecular complexity index is 616. The molecule has 2 aromatic rings. The van der Waals surface area contributed by atoms with Crippen LogP contribution in [-0.4, -0.2) is 12.2 Å². The summed E-state index contributed by atoms with van der Waals surface area (Å²) >= 11 is 9.22. The molecule has 5 heteroatoms. The fourth-order valence-electron chi connectivity index (χ4n) is 2.03. The van der Waals surface area contributed by atoms with Gasteiger partial charge in [0.05, 0.1) is 11.6 Å². The highest BCUT2D eigenvalue weighted by molar-refractivity contribution is 9.10. The molecule has 0 fully saturated rings. The molecule has 1 atom stereocenters. The van der Waals surface area contributed by atoms with E-state index in [-0.39, 0.29) is 11.8 Å². The van der Waals surface area contributed by atoms with Crippen LogP contribution in [0.3, 0.4) is 0 Å². The van der Waals surface area contributed by atoms with Crippen molar-refractivity contribution in [1.29, 1.82) is 0 Å². The molecular weight excluding hydrogens is 354 g/mol. The summed E-state index contributed by atoms with van der Waals surface area (Å²) in [6, 6.07) is 11.7. The van der Waals surface area contributed by atoms with Gasteiger partial charge in [0.1, 0.15) is 0 Å². The van der Waals surface area contributed by atoms with Crippen LogP contribution >= 0.6 is 27.5 Å². The summed E-state index contributed by atoms with van der Waals surface area (Å²) in [5, 5.41) is 14.0. The van der Waals surface area contributed by atoms with Crippen LogP contribution in [0.1, 0.15) is 24.1 Å². The molecule has 2 rings (SSSR count). The van der Waals surface area contributed by atoms with E-state index in [1.54, 1.807) is 0 Å². The van der Waals surface area contributed by atoms with Crippen LogP contribution in [0.25, 0.3) is 0 Å². The van der Waals surface area contributed by atoms with Gasteiger partial charge in [0.15, 0.2) is 11.5 Å². The molecule has 2 N–H and O–H groups in total. The van der Waals surface area contributed by atoms with E-state index in [9.17, 15) is 5.11 Å². The van der Waals surface area contributed by atoms with E-state index in [1.807, 2.05) is 36.4 Å². The molecule has 2 aromatic carbocycles. The highest BCUT2D eigenvalue weighted by Gasteiger charge is 2.10. The van der Waals surface area contributed by atoms with Gasteiger partial charge < -0.3 is 15.2 Å². The molecule has 3 nitrogen and oxygen atoms in total. The van der Waals surface area contributed by atoms with Crippen molar-refractivity contribution in [3.05, 3.63) is 57.0 Å². The zero-order valence-corrected chi connectivity index (χ0v) is 14.2. The first-order valence-electron chi connectivity index (χ1n) is 6.55. The first-order chi connectivity index (χ1) is 10.0. The average molecular weight is 371 g/mol. The molecule has 0 aliphatic carbocycles. The van der Waals surface area contributed by atoms with E-state index in [0.29, 0.717) is 16.8 Å². The summed E-state index contributed by atoms with van der Waals surface area (Å²) in [5.74, 6) is 0.576. The lowest BCUT2D eigenvalue weighted by molar-refractivity contribution is 0.371. The van der Waals surface area contributed by atoms with Gasteiger partial charge in [0.25, 0.3) is 0 Å². The molecule has 0 amide bonds. The van der Waals surface area contributed by atoms with Crippen molar-refractivity contribution in [2.45, 2.75) is 19.5 Å². The van der Waals surface area contributed by atoms with Gasteiger partial charge in [0, 0.05) is 17.6 Å². The number of aromatic hydroxyl groups is 1. The number of phenols is 1. The SMILES string of the molecule is COc1cc(CN[C@H](C)c2ccc(Cl)cc2)cc(Br)c1O. The standard InChI is InChI=1S/C16H17BrClNO2/c1-10(12-3-5-13(18)6-4-12)19-9-11-7-14(17)16(20)15(8-11)21-2/h3-8,10,19-20H,9H2,1-2H3/t10-/m1/s1. The van der Waals surface area contributed by atoms with Crippen LogP contribution in [0.4, 0.5) is 0 Å². The number of nitrogens with one attached hydrogen (secondary N) is 1. The highest BCUT2D eigenvalue weighted by Crippen LogP contribution is 2.35. The maximum Gasteiger partial charge on any atom is 0.172 e. The van der Waals surface area contributed by atoms with Gasteiger partial charge in [0.2, 0.25) is 0 Å². The smallest absolute Gasteiger partial charge is 0.172 e. The number of rotatable bonds is 5. The van der Waals surface area contributed by atoms with Gasteiger partial charge in [-0.15, -0.1) is 0 Å². The second-order valence-corrected chi connectivity index (χ2v) is 6.07. The summed E-state index contributed by atoms with van der Waals surface area (Å²) in [7, 11) is 1.54. The van der Waals surface area contributed by atoms with Crippen molar-refractivity contribution in [3.63, 3.8) is 0 Å². The Morgan fingerprint density at radius 3 is 2.57 bits per heavy atom. The summed E-state index contributed by atoms with van der Waals surface area (Å²) < 4.78 is 5.77. The van der Waals surface area contributed by atoms with Gasteiger partial charge in [-0.1, -0.05) is 23.7 Å². The quantitative estimate of drug-likeness (QED) is 0.804. The van der Waals surface area contributed by atoms with E-state index >= 15 is 0 Å². The van der Waals surface area contributed by atoms with E-state index in [1.165, 1.54) is 12.7 Å². The maximum atomic E-state index is 9.80.